The fourth-order valence-corrected chi connectivity index (χ4v) is 5.82. The molecule has 2 aliphatic carbocycles. The summed E-state index contributed by atoms with van der Waals surface area (Å²) in [5.41, 5.74) is 2.81. The molecule has 0 radical (unpaired) electrons. The van der Waals surface area contributed by atoms with E-state index in [1.54, 1.807) is 0 Å². The van der Waals surface area contributed by atoms with E-state index in [0.717, 1.165) is 23.7 Å². The van der Waals surface area contributed by atoms with E-state index in [-0.39, 0.29) is 0 Å². The Morgan fingerprint density at radius 3 is 2.07 bits per heavy atom. The lowest BCUT2D eigenvalue weighted by atomic mass is 9.68. The molecular formula is C26H43N. The molecule has 0 atom stereocenters. The van der Waals surface area contributed by atoms with Crippen molar-refractivity contribution in [2.45, 2.75) is 116 Å². The molecule has 0 N–H and O–H groups in total. The molecule has 27 heavy (non-hydrogen) atoms. The lowest BCUT2D eigenvalue weighted by molar-refractivity contribution is 0.156. The summed E-state index contributed by atoms with van der Waals surface area (Å²) in [5.74, 6) is 3.83. The highest BCUT2D eigenvalue weighted by Gasteiger charge is 2.31. The van der Waals surface area contributed by atoms with E-state index in [4.69, 9.17) is 4.98 Å². The first-order valence-electron chi connectivity index (χ1n) is 12.2. The predicted octanol–water partition coefficient (Wildman–Crippen LogP) is 8.08. The maximum atomic E-state index is 4.87. The fourth-order valence-electron chi connectivity index (χ4n) is 5.82. The Labute approximate surface area is 168 Å². The van der Waals surface area contributed by atoms with Gasteiger partial charge in [0, 0.05) is 17.8 Å². The molecule has 1 heterocycles. The Balaban J connectivity index is 1.40. The van der Waals surface area contributed by atoms with Crippen LogP contribution in [0.15, 0.2) is 18.3 Å². The van der Waals surface area contributed by atoms with Gasteiger partial charge in [0.15, 0.2) is 0 Å². The molecule has 3 rings (SSSR count). The van der Waals surface area contributed by atoms with Crippen molar-refractivity contribution in [1.82, 2.24) is 4.98 Å². The van der Waals surface area contributed by atoms with E-state index in [1.807, 2.05) is 0 Å². The number of unbranched alkanes of at least 4 members (excludes halogenated alkanes) is 3. The summed E-state index contributed by atoms with van der Waals surface area (Å²) in [7, 11) is 0. The molecule has 0 amide bonds. The van der Waals surface area contributed by atoms with Crippen molar-refractivity contribution in [3.63, 3.8) is 0 Å². The molecule has 0 unspecified atom stereocenters. The van der Waals surface area contributed by atoms with Crippen molar-refractivity contribution < 1.29 is 0 Å². The van der Waals surface area contributed by atoms with Crippen LogP contribution in [-0.2, 0) is 6.42 Å². The van der Waals surface area contributed by atoms with Gasteiger partial charge in [-0.2, -0.15) is 0 Å². The van der Waals surface area contributed by atoms with E-state index in [0.29, 0.717) is 0 Å². The van der Waals surface area contributed by atoms with E-state index in [9.17, 15) is 0 Å². The van der Waals surface area contributed by atoms with Crippen molar-refractivity contribution >= 4 is 0 Å². The van der Waals surface area contributed by atoms with Crippen LogP contribution in [0.25, 0.3) is 0 Å². The van der Waals surface area contributed by atoms with Crippen LogP contribution in [0.2, 0.25) is 0 Å². The number of nitrogens with zero attached hydrogens (tertiary/aromatic N) is 1. The largest absolute Gasteiger partial charge is 0.261 e. The number of hydrogen-bond donors (Lipinski definition) is 0. The van der Waals surface area contributed by atoms with Gasteiger partial charge < -0.3 is 0 Å². The second-order valence-electron chi connectivity index (χ2n) is 9.58. The second-order valence-corrected chi connectivity index (χ2v) is 9.58. The number of hydrogen-bond acceptors (Lipinski definition) is 1. The SMILES string of the molecule is CCCCCCc1ccc([C@H]2CC[C@H]([C@H]3CC[C@H](CCC)CC3)CC2)nc1. The third-order valence-electron chi connectivity index (χ3n) is 7.61. The fraction of sp³-hybridized carbons (Fsp3) is 0.808. The molecule has 0 aromatic carbocycles. The Bertz CT molecular complexity index is 504. The van der Waals surface area contributed by atoms with E-state index >= 15 is 0 Å². The van der Waals surface area contributed by atoms with Gasteiger partial charge in [0.2, 0.25) is 0 Å². The minimum absolute atomic E-state index is 0.729. The van der Waals surface area contributed by atoms with E-state index in [2.05, 4.69) is 32.2 Å². The molecule has 1 heteroatoms. The van der Waals surface area contributed by atoms with Crippen molar-refractivity contribution in [2.24, 2.45) is 17.8 Å². The lowest BCUT2D eigenvalue weighted by Crippen LogP contribution is -2.25. The van der Waals surface area contributed by atoms with Crippen molar-refractivity contribution in [2.75, 3.05) is 0 Å². The first kappa shape index (κ1) is 20.9. The summed E-state index contributed by atoms with van der Waals surface area (Å²) < 4.78 is 0. The van der Waals surface area contributed by atoms with Crippen molar-refractivity contribution in [3.05, 3.63) is 29.6 Å². The first-order valence-corrected chi connectivity index (χ1v) is 12.2. The smallest absolute Gasteiger partial charge is 0.0434 e. The zero-order valence-corrected chi connectivity index (χ0v) is 18.1. The van der Waals surface area contributed by atoms with Gasteiger partial charge in [0.1, 0.15) is 0 Å². The molecule has 2 fully saturated rings. The molecule has 1 aromatic rings. The molecule has 2 saturated carbocycles. The Morgan fingerprint density at radius 1 is 0.778 bits per heavy atom. The van der Waals surface area contributed by atoms with Crippen LogP contribution in [0.1, 0.15) is 121 Å². The molecule has 0 saturated heterocycles. The Morgan fingerprint density at radius 2 is 1.48 bits per heavy atom. The minimum atomic E-state index is 0.729. The summed E-state index contributed by atoms with van der Waals surface area (Å²) in [6.45, 7) is 4.63. The van der Waals surface area contributed by atoms with Crippen LogP contribution in [0.3, 0.4) is 0 Å². The highest BCUT2D eigenvalue weighted by Crippen LogP contribution is 2.44. The molecule has 0 bridgehead atoms. The highest BCUT2D eigenvalue weighted by atomic mass is 14.7. The Kier molecular flexibility index (Phi) is 8.68. The average Bonchev–Trinajstić information content (AvgIpc) is 2.73. The van der Waals surface area contributed by atoms with Gasteiger partial charge in [-0.1, -0.05) is 64.9 Å². The van der Waals surface area contributed by atoms with Crippen LogP contribution in [0.5, 0.6) is 0 Å². The normalized spacial score (nSPS) is 29.0. The van der Waals surface area contributed by atoms with Gasteiger partial charge in [0.25, 0.3) is 0 Å². The van der Waals surface area contributed by atoms with Gasteiger partial charge in [-0.3, -0.25) is 4.98 Å². The monoisotopic (exact) mass is 369 g/mol. The van der Waals surface area contributed by atoms with Crippen molar-refractivity contribution in [1.29, 1.82) is 0 Å². The maximum absolute atomic E-state index is 4.87. The van der Waals surface area contributed by atoms with E-state index < -0.39 is 0 Å². The Hall–Kier alpha value is -0.850. The third kappa shape index (κ3) is 6.33. The minimum Gasteiger partial charge on any atom is -0.261 e. The first-order chi connectivity index (χ1) is 13.3. The van der Waals surface area contributed by atoms with Crippen molar-refractivity contribution in [3.8, 4) is 0 Å². The molecular weight excluding hydrogens is 326 g/mol. The average molecular weight is 370 g/mol. The van der Waals surface area contributed by atoms with Crippen LogP contribution in [0.4, 0.5) is 0 Å². The summed E-state index contributed by atoms with van der Waals surface area (Å²) in [6.07, 6.45) is 23.3. The van der Waals surface area contributed by atoms with Gasteiger partial charge in [-0.05, 0) is 80.8 Å². The maximum Gasteiger partial charge on any atom is 0.0434 e. The van der Waals surface area contributed by atoms with Gasteiger partial charge in [-0.25, -0.2) is 0 Å². The number of pyridine rings is 1. The summed E-state index contributed by atoms with van der Waals surface area (Å²) >= 11 is 0. The third-order valence-corrected chi connectivity index (χ3v) is 7.61. The predicted molar refractivity (Wildman–Crippen MR) is 117 cm³/mol. The van der Waals surface area contributed by atoms with Crippen LogP contribution >= 0.6 is 0 Å². The van der Waals surface area contributed by atoms with Gasteiger partial charge >= 0.3 is 0 Å². The molecule has 0 aliphatic heterocycles. The number of rotatable bonds is 9. The molecule has 2 aliphatic rings. The number of aromatic nitrogens is 1. The number of aryl methyl sites for hydroxylation is 1. The molecule has 0 spiro atoms. The molecule has 1 aromatic heterocycles. The highest BCUT2D eigenvalue weighted by molar-refractivity contribution is 5.17. The molecule has 1 nitrogen and oxygen atoms in total. The van der Waals surface area contributed by atoms with Crippen LogP contribution < -0.4 is 0 Å². The van der Waals surface area contributed by atoms with Crippen LogP contribution in [0, 0.1) is 17.8 Å². The molecule has 152 valence electrons. The summed E-state index contributed by atoms with van der Waals surface area (Å²) in [6, 6.07) is 4.70. The topological polar surface area (TPSA) is 12.9 Å². The second kappa shape index (κ2) is 11.2. The van der Waals surface area contributed by atoms with Gasteiger partial charge in [-0.15, -0.1) is 0 Å². The zero-order chi connectivity index (χ0) is 18.9. The van der Waals surface area contributed by atoms with E-state index in [1.165, 1.54) is 108 Å². The van der Waals surface area contributed by atoms with Gasteiger partial charge in [0.05, 0.1) is 0 Å². The lowest BCUT2D eigenvalue weighted by Gasteiger charge is -2.37. The summed E-state index contributed by atoms with van der Waals surface area (Å²) in [5, 5.41) is 0. The standard InChI is InChI=1S/C26H43N/c1-3-5-6-7-9-22-12-19-26(27-20-22)25-17-15-24(16-18-25)23-13-10-21(8-4-2)11-14-23/h12,19-21,23-25H,3-11,13-18H2,1-2H3/t21-,23-,24-,25-. The summed E-state index contributed by atoms with van der Waals surface area (Å²) in [4.78, 5) is 4.87. The zero-order valence-electron chi connectivity index (χ0n) is 18.1. The van der Waals surface area contributed by atoms with Crippen LogP contribution in [-0.4, -0.2) is 4.98 Å². The quantitative estimate of drug-likeness (QED) is 0.401.